The average molecular weight is 276 g/mol. The number of hydrogen-bond donors (Lipinski definition) is 1. The second-order valence-corrected chi connectivity index (χ2v) is 6.51. The minimum atomic E-state index is -0.795. The fourth-order valence-corrected chi connectivity index (χ4v) is 2.78. The van der Waals surface area contributed by atoms with Crippen molar-refractivity contribution in [3.05, 3.63) is 35.4 Å². The molecule has 110 valence electrons. The van der Waals surface area contributed by atoms with Crippen LogP contribution in [0, 0.1) is 5.41 Å². The molecule has 0 radical (unpaired) electrons. The zero-order chi connectivity index (χ0) is 14.6. The molecule has 0 unspecified atom stereocenters. The van der Waals surface area contributed by atoms with Gasteiger partial charge in [0.15, 0.2) is 0 Å². The van der Waals surface area contributed by atoms with Gasteiger partial charge in [-0.25, -0.2) is 0 Å². The van der Waals surface area contributed by atoms with Crippen molar-refractivity contribution in [1.29, 1.82) is 0 Å². The molecule has 0 aliphatic heterocycles. The standard InChI is InChI=1S/C17H24O3/c1-17(2)9-7-15(8-10-17)20-12-14-6-4-3-5-13(14)11-16(18)19/h3-6,15H,7-12H2,1-2H3,(H,18,19). The maximum absolute atomic E-state index is 10.9. The van der Waals surface area contributed by atoms with E-state index in [-0.39, 0.29) is 6.42 Å². The van der Waals surface area contributed by atoms with Crippen LogP contribution in [0.2, 0.25) is 0 Å². The van der Waals surface area contributed by atoms with Gasteiger partial charge in [0.25, 0.3) is 0 Å². The zero-order valence-electron chi connectivity index (χ0n) is 12.4. The molecule has 0 saturated heterocycles. The Hall–Kier alpha value is -1.35. The molecule has 3 heteroatoms. The van der Waals surface area contributed by atoms with Gasteiger partial charge in [-0.15, -0.1) is 0 Å². The Morgan fingerprint density at radius 2 is 1.85 bits per heavy atom. The van der Waals surface area contributed by atoms with E-state index >= 15 is 0 Å². The van der Waals surface area contributed by atoms with E-state index in [0.29, 0.717) is 18.1 Å². The maximum Gasteiger partial charge on any atom is 0.307 e. The number of benzene rings is 1. The Morgan fingerprint density at radius 1 is 1.25 bits per heavy atom. The van der Waals surface area contributed by atoms with Gasteiger partial charge in [-0.1, -0.05) is 38.1 Å². The Morgan fingerprint density at radius 3 is 2.45 bits per heavy atom. The quantitative estimate of drug-likeness (QED) is 0.889. The molecule has 1 fully saturated rings. The predicted molar refractivity (Wildman–Crippen MR) is 78.6 cm³/mol. The van der Waals surface area contributed by atoms with Crippen LogP contribution in [0.4, 0.5) is 0 Å². The van der Waals surface area contributed by atoms with Crippen LogP contribution in [0.1, 0.15) is 50.7 Å². The molecule has 1 aliphatic carbocycles. The Balaban J connectivity index is 1.90. The van der Waals surface area contributed by atoms with E-state index in [1.165, 1.54) is 12.8 Å². The summed E-state index contributed by atoms with van der Waals surface area (Å²) in [4.78, 5) is 10.9. The molecule has 1 aliphatic rings. The average Bonchev–Trinajstić information content (AvgIpc) is 2.38. The van der Waals surface area contributed by atoms with Crippen LogP contribution in [-0.4, -0.2) is 17.2 Å². The van der Waals surface area contributed by atoms with Crippen LogP contribution in [0.15, 0.2) is 24.3 Å². The Labute approximate surface area is 121 Å². The van der Waals surface area contributed by atoms with Gasteiger partial charge in [-0.3, -0.25) is 4.79 Å². The Kier molecular flexibility index (Phi) is 4.81. The predicted octanol–water partition coefficient (Wildman–Crippen LogP) is 3.80. The highest BCUT2D eigenvalue weighted by Crippen LogP contribution is 2.36. The summed E-state index contributed by atoms with van der Waals surface area (Å²) >= 11 is 0. The topological polar surface area (TPSA) is 46.5 Å². The van der Waals surface area contributed by atoms with E-state index in [1.807, 2.05) is 24.3 Å². The van der Waals surface area contributed by atoms with Gasteiger partial charge < -0.3 is 9.84 Å². The molecular formula is C17H24O3. The molecule has 0 atom stereocenters. The molecule has 0 amide bonds. The molecule has 2 rings (SSSR count). The number of hydrogen-bond acceptors (Lipinski definition) is 2. The third-order valence-corrected chi connectivity index (χ3v) is 4.22. The second kappa shape index (κ2) is 6.40. The second-order valence-electron chi connectivity index (χ2n) is 6.51. The van der Waals surface area contributed by atoms with Gasteiger partial charge in [-0.05, 0) is 42.2 Å². The highest BCUT2D eigenvalue weighted by Gasteiger charge is 2.27. The molecule has 3 nitrogen and oxygen atoms in total. The molecule has 1 N–H and O–H groups in total. The van der Waals surface area contributed by atoms with Crippen molar-refractivity contribution in [3.63, 3.8) is 0 Å². The SMILES string of the molecule is CC1(C)CCC(OCc2ccccc2CC(=O)O)CC1. The summed E-state index contributed by atoms with van der Waals surface area (Å²) in [6.07, 6.45) is 5.00. The van der Waals surface area contributed by atoms with E-state index in [0.717, 1.165) is 24.0 Å². The summed E-state index contributed by atoms with van der Waals surface area (Å²) < 4.78 is 5.99. The van der Waals surface area contributed by atoms with Crippen LogP contribution < -0.4 is 0 Å². The molecular weight excluding hydrogens is 252 g/mol. The zero-order valence-corrected chi connectivity index (χ0v) is 12.4. The normalized spacial score (nSPS) is 18.9. The first-order valence-electron chi connectivity index (χ1n) is 7.36. The minimum Gasteiger partial charge on any atom is -0.481 e. The number of aliphatic carboxylic acids is 1. The van der Waals surface area contributed by atoms with Crippen molar-refractivity contribution >= 4 is 5.97 Å². The van der Waals surface area contributed by atoms with E-state index in [1.54, 1.807) is 0 Å². The van der Waals surface area contributed by atoms with Gasteiger partial charge in [-0.2, -0.15) is 0 Å². The highest BCUT2D eigenvalue weighted by atomic mass is 16.5. The molecule has 0 aromatic heterocycles. The molecule has 1 saturated carbocycles. The fourth-order valence-electron chi connectivity index (χ4n) is 2.78. The van der Waals surface area contributed by atoms with Crippen molar-refractivity contribution in [2.24, 2.45) is 5.41 Å². The van der Waals surface area contributed by atoms with E-state index in [2.05, 4.69) is 13.8 Å². The van der Waals surface area contributed by atoms with Gasteiger partial charge >= 0.3 is 5.97 Å². The minimum absolute atomic E-state index is 0.0667. The number of ether oxygens (including phenoxy) is 1. The van der Waals surface area contributed by atoms with E-state index < -0.39 is 5.97 Å². The molecule has 1 aromatic carbocycles. The summed E-state index contributed by atoms with van der Waals surface area (Å²) in [6.45, 7) is 5.14. The summed E-state index contributed by atoms with van der Waals surface area (Å²) in [5.74, 6) is -0.795. The summed E-state index contributed by atoms with van der Waals surface area (Å²) in [5, 5.41) is 8.93. The number of rotatable bonds is 5. The number of carbonyl (C=O) groups is 1. The van der Waals surface area contributed by atoms with Crippen LogP contribution in [-0.2, 0) is 22.6 Å². The van der Waals surface area contributed by atoms with Gasteiger partial charge in [0.1, 0.15) is 0 Å². The van der Waals surface area contributed by atoms with Crippen molar-refractivity contribution in [3.8, 4) is 0 Å². The van der Waals surface area contributed by atoms with Crippen molar-refractivity contribution < 1.29 is 14.6 Å². The van der Waals surface area contributed by atoms with Crippen molar-refractivity contribution in [1.82, 2.24) is 0 Å². The van der Waals surface area contributed by atoms with E-state index in [9.17, 15) is 4.79 Å². The number of carboxylic acid groups (broad SMARTS) is 1. The lowest BCUT2D eigenvalue weighted by Gasteiger charge is -2.34. The molecule has 1 aromatic rings. The van der Waals surface area contributed by atoms with Crippen molar-refractivity contribution in [2.75, 3.05) is 0 Å². The highest BCUT2D eigenvalue weighted by molar-refractivity contribution is 5.70. The van der Waals surface area contributed by atoms with Gasteiger partial charge in [0.05, 0.1) is 19.1 Å². The molecule has 0 bridgehead atoms. The third-order valence-electron chi connectivity index (χ3n) is 4.22. The van der Waals surface area contributed by atoms with Crippen molar-refractivity contribution in [2.45, 2.75) is 58.7 Å². The fraction of sp³-hybridized carbons (Fsp3) is 0.588. The lowest BCUT2D eigenvalue weighted by molar-refractivity contribution is -0.136. The molecule has 20 heavy (non-hydrogen) atoms. The summed E-state index contributed by atoms with van der Waals surface area (Å²) in [6, 6.07) is 7.65. The molecule has 0 spiro atoms. The lowest BCUT2D eigenvalue weighted by atomic mass is 9.76. The summed E-state index contributed by atoms with van der Waals surface area (Å²) in [5.41, 5.74) is 2.30. The van der Waals surface area contributed by atoms with Crippen LogP contribution in [0.5, 0.6) is 0 Å². The Bertz CT molecular complexity index is 455. The van der Waals surface area contributed by atoms with Crippen LogP contribution in [0.25, 0.3) is 0 Å². The number of carboxylic acids is 1. The van der Waals surface area contributed by atoms with Crippen LogP contribution >= 0.6 is 0 Å². The first kappa shape index (κ1) is 15.0. The third kappa shape index (κ3) is 4.34. The first-order chi connectivity index (χ1) is 9.46. The molecule has 0 heterocycles. The monoisotopic (exact) mass is 276 g/mol. The lowest BCUT2D eigenvalue weighted by Crippen LogP contribution is -2.26. The van der Waals surface area contributed by atoms with Gasteiger partial charge in [0, 0.05) is 0 Å². The largest absolute Gasteiger partial charge is 0.481 e. The van der Waals surface area contributed by atoms with Crippen LogP contribution in [0.3, 0.4) is 0 Å². The smallest absolute Gasteiger partial charge is 0.307 e. The van der Waals surface area contributed by atoms with E-state index in [4.69, 9.17) is 9.84 Å². The first-order valence-corrected chi connectivity index (χ1v) is 7.36. The summed E-state index contributed by atoms with van der Waals surface area (Å²) in [7, 11) is 0. The van der Waals surface area contributed by atoms with Gasteiger partial charge in [0.2, 0.25) is 0 Å². The maximum atomic E-state index is 10.9.